The Balaban J connectivity index is 1.40. The Kier molecular flexibility index (Phi) is 4.65. The normalized spacial score (nSPS) is 18.2. The average molecular weight is 355 g/mol. The zero-order valence-electron chi connectivity index (χ0n) is 14.2. The van der Waals surface area contributed by atoms with Gasteiger partial charge in [-0.25, -0.2) is 4.98 Å². The summed E-state index contributed by atoms with van der Waals surface area (Å²) in [5.41, 5.74) is 2.99. The molecular weight excluding hydrogens is 334 g/mol. The van der Waals surface area contributed by atoms with Gasteiger partial charge in [-0.2, -0.15) is 0 Å². The minimum atomic E-state index is -0.0418. The molecule has 25 heavy (non-hydrogen) atoms. The molecule has 1 N–H and O–H groups in total. The number of aromatic nitrogens is 2. The molecule has 0 saturated carbocycles. The lowest BCUT2D eigenvalue weighted by Crippen LogP contribution is -2.24. The molecule has 130 valence electrons. The Morgan fingerprint density at radius 3 is 3.12 bits per heavy atom. The number of aromatic amines is 1. The van der Waals surface area contributed by atoms with Crippen LogP contribution in [0.25, 0.3) is 10.9 Å². The molecule has 1 aliphatic heterocycles. The van der Waals surface area contributed by atoms with E-state index >= 15 is 0 Å². The third kappa shape index (κ3) is 3.81. The molecule has 1 aliphatic rings. The smallest absolute Gasteiger partial charge is 0.248 e. The lowest BCUT2D eigenvalue weighted by Gasteiger charge is -2.17. The number of hydrogen-bond donors (Lipinski definition) is 1. The van der Waals surface area contributed by atoms with Crippen LogP contribution in [0.2, 0.25) is 0 Å². The van der Waals surface area contributed by atoms with E-state index in [4.69, 9.17) is 4.74 Å². The Labute approximate surface area is 150 Å². The zero-order valence-corrected chi connectivity index (χ0v) is 15.0. The second kappa shape index (κ2) is 7.07. The molecule has 0 bridgehead atoms. The lowest BCUT2D eigenvalue weighted by atomic mass is 10.1. The first-order valence-corrected chi connectivity index (χ1v) is 9.41. The number of nitrogens with one attached hydrogen (secondary N) is 1. The quantitative estimate of drug-likeness (QED) is 0.764. The highest BCUT2D eigenvalue weighted by Gasteiger charge is 2.24. The predicted molar refractivity (Wildman–Crippen MR) is 99.9 cm³/mol. The summed E-state index contributed by atoms with van der Waals surface area (Å²) in [5.74, 6) is 0. The van der Waals surface area contributed by atoms with Crippen LogP contribution in [0.1, 0.15) is 22.7 Å². The van der Waals surface area contributed by atoms with E-state index in [0.29, 0.717) is 6.61 Å². The van der Waals surface area contributed by atoms with Crippen molar-refractivity contribution in [1.29, 1.82) is 0 Å². The largest absolute Gasteiger partial charge is 0.370 e. The van der Waals surface area contributed by atoms with Gasteiger partial charge in [-0.3, -0.25) is 9.69 Å². The molecular formula is C19H21N3O2S. The lowest BCUT2D eigenvalue weighted by molar-refractivity contribution is 0.0460. The monoisotopic (exact) mass is 355 g/mol. The maximum absolute atomic E-state index is 11.9. The number of pyridine rings is 1. The number of ether oxygens (including phenoxy) is 1. The molecule has 3 aromatic rings. The van der Waals surface area contributed by atoms with Gasteiger partial charge in [-0.05, 0) is 25.0 Å². The van der Waals surface area contributed by atoms with Crippen molar-refractivity contribution in [2.75, 3.05) is 13.1 Å². The second-order valence-electron chi connectivity index (χ2n) is 6.54. The molecule has 6 heteroatoms. The first kappa shape index (κ1) is 16.4. The van der Waals surface area contributed by atoms with Crippen molar-refractivity contribution in [2.24, 2.45) is 0 Å². The number of fused-ring (bicyclic) bond motifs is 1. The maximum Gasteiger partial charge on any atom is 0.248 e. The Hall–Kier alpha value is -2.02. The molecule has 2 aromatic heterocycles. The van der Waals surface area contributed by atoms with Crippen molar-refractivity contribution in [3.8, 4) is 0 Å². The topological polar surface area (TPSA) is 58.2 Å². The Morgan fingerprint density at radius 2 is 2.28 bits per heavy atom. The standard InChI is InChI=1S/C19H21N3O2S/c1-13-12-25-19(20-13)11-24-15-6-7-22(10-15)9-14-8-18(23)21-17-5-3-2-4-16(14)17/h2-5,8,12,15H,6-7,9-11H2,1H3,(H,21,23). The van der Waals surface area contributed by atoms with Crippen LogP contribution in [-0.2, 0) is 17.9 Å². The molecule has 0 spiro atoms. The number of rotatable bonds is 5. The van der Waals surface area contributed by atoms with Crippen LogP contribution in [0.15, 0.2) is 40.5 Å². The molecule has 3 heterocycles. The van der Waals surface area contributed by atoms with E-state index in [1.54, 1.807) is 17.4 Å². The highest BCUT2D eigenvalue weighted by atomic mass is 32.1. The highest BCUT2D eigenvalue weighted by molar-refractivity contribution is 7.09. The third-order valence-corrected chi connectivity index (χ3v) is 5.51. The van der Waals surface area contributed by atoms with Gasteiger partial charge in [0.25, 0.3) is 0 Å². The molecule has 1 aromatic carbocycles. The Morgan fingerprint density at radius 1 is 1.40 bits per heavy atom. The number of thiazole rings is 1. The van der Waals surface area contributed by atoms with Crippen molar-refractivity contribution in [2.45, 2.75) is 32.6 Å². The van der Waals surface area contributed by atoms with Crippen LogP contribution < -0.4 is 5.56 Å². The number of aryl methyl sites for hydroxylation is 1. The predicted octanol–water partition coefficient (Wildman–Crippen LogP) is 3.08. The summed E-state index contributed by atoms with van der Waals surface area (Å²) in [6.07, 6.45) is 1.25. The molecule has 1 unspecified atom stereocenters. The van der Waals surface area contributed by atoms with Crippen molar-refractivity contribution >= 4 is 22.2 Å². The molecule has 1 fully saturated rings. The molecule has 5 nitrogen and oxygen atoms in total. The first-order valence-electron chi connectivity index (χ1n) is 8.53. The molecule has 0 amide bonds. The molecule has 0 radical (unpaired) electrons. The van der Waals surface area contributed by atoms with E-state index in [1.807, 2.05) is 25.1 Å². The first-order chi connectivity index (χ1) is 12.2. The number of para-hydroxylation sites is 1. The molecule has 1 atom stereocenters. The number of benzene rings is 1. The number of likely N-dealkylation sites (tertiary alicyclic amines) is 1. The fraction of sp³-hybridized carbons (Fsp3) is 0.368. The van der Waals surface area contributed by atoms with E-state index in [0.717, 1.165) is 53.2 Å². The molecule has 4 rings (SSSR count). The van der Waals surface area contributed by atoms with Crippen LogP contribution in [0.5, 0.6) is 0 Å². The SMILES string of the molecule is Cc1csc(COC2CCN(Cc3cc(=O)[nH]c4ccccc34)C2)n1. The van der Waals surface area contributed by atoms with Gasteiger partial charge in [0.1, 0.15) is 5.01 Å². The van der Waals surface area contributed by atoms with Crippen LogP contribution in [-0.4, -0.2) is 34.1 Å². The summed E-state index contributed by atoms with van der Waals surface area (Å²) >= 11 is 1.65. The van der Waals surface area contributed by atoms with E-state index in [9.17, 15) is 4.79 Å². The van der Waals surface area contributed by atoms with Crippen LogP contribution >= 0.6 is 11.3 Å². The van der Waals surface area contributed by atoms with Gasteiger partial charge in [0.15, 0.2) is 0 Å². The summed E-state index contributed by atoms with van der Waals surface area (Å²) in [5, 5.41) is 4.21. The average Bonchev–Trinajstić information content (AvgIpc) is 3.21. The van der Waals surface area contributed by atoms with Gasteiger partial charge < -0.3 is 9.72 Å². The fourth-order valence-electron chi connectivity index (χ4n) is 3.38. The number of hydrogen-bond acceptors (Lipinski definition) is 5. The summed E-state index contributed by atoms with van der Waals surface area (Å²) in [6, 6.07) is 9.69. The Bertz CT molecular complexity index is 934. The minimum absolute atomic E-state index is 0.0418. The molecule has 0 aliphatic carbocycles. The number of nitrogens with zero attached hydrogens (tertiary/aromatic N) is 2. The highest BCUT2D eigenvalue weighted by Crippen LogP contribution is 2.21. The maximum atomic E-state index is 11.9. The van der Waals surface area contributed by atoms with E-state index in [2.05, 4.69) is 26.3 Å². The van der Waals surface area contributed by atoms with E-state index in [-0.39, 0.29) is 11.7 Å². The summed E-state index contributed by atoms with van der Waals surface area (Å²) in [4.78, 5) is 21.6. The summed E-state index contributed by atoms with van der Waals surface area (Å²) in [6.45, 7) is 5.25. The number of H-pyrrole nitrogens is 1. The van der Waals surface area contributed by atoms with Gasteiger partial charge in [-0.1, -0.05) is 18.2 Å². The van der Waals surface area contributed by atoms with Crippen molar-refractivity contribution in [3.63, 3.8) is 0 Å². The zero-order chi connectivity index (χ0) is 17.2. The van der Waals surface area contributed by atoms with Crippen molar-refractivity contribution in [3.05, 3.63) is 62.3 Å². The van der Waals surface area contributed by atoms with Gasteiger partial charge in [0, 0.05) is 47.7 Å². The van der Waals surface area contributed by atoms with Crippen molar-refractivity contribution in [1.82, 2.24) is 14.9 Å². The van der Waals surface area contributed by atoms with Crippen molar-refractivity contribution < 1.29 is 4.74 Å². The fourth-order valence-corrected chi connectivity index (χ4v) is 4.08. The second-order valence-corrected chi connectivity index (χ2v) is 7.49. The van der Waals surface area contributed by atoms with Gasteiger partial charge in [0.2, 0.25) is 5.56 Å². The van der Waals surface area contributed by atoms with E-state index in [1.165, 1.54) is 0 Å². The van der Waals surface area contributed by atoms with Crippen LogP contribution in [0, 0.1) is 6.92 Å². The summed E-state index contributed by atoms with van der Waals surface area (Å²) < 4.78 is 6.02. The molecule has 1 saturated heterocycles. The minimum Gasteiger partial charge on any atom is -0.370 e. The third-order valence-electron chi connectivity index (χ3n) is 4.57. The van der Waals surface area contributed by atoms with Crippen LogP contribution in [0.4, 0.5) is 0 Å². The summed E-state index contributed by atoms with van der Waals surface area (Å²) in [7, 11) is 0. The van der Waals surface area contributed by atoms with Gasteiger partial charge in [0.05, 0.1) is 12.7 Å². The van der Waals surface area contributed by atoms with Gasteiger partial charge in [-0.15, -0.1) is 11.3 Å². The van der Waals surface area contributed by atoms with Crippen LogP contribution in [0.3, 0.4) is 0 Å². The van der Waals surface area contributed by atoms with Gasteiger partial charge >= 0.3 is 0 Å². The van der Waals surface area contributed by atoms with E-state index < -0.39 is 0 Å².